The highest BCUT2D eigenvalue weighted by Crippen LogP contribution is 2.18. The first-order chi connectivity index (χ1) is 9.19. The van der Waals surface area contributed by atoms with E-state index in [2.05, 4.69) is 45.3 Å². The summed E-state index contributed by atoms with van der Waals surface area (Å²) in [4.78, 5) is 3.96. The van der Waals surface area contributed by atoms with Gasteiger partial charge in [-0.25, -0.2) is 4.98 Å². The van der Waals surface area contributed by atoms with Crippen LogP contribution in [-0.2, 0) is 6.54 Å². The van der Waals surface area contributed by atoms with Gasteiger partial charge in [0.15, 0.2) is 0 Å². The summed E-state index contributed by atoms with van der Waals surface area (Å²) in [5.41, 5.74) is 2.74. The zero-order chi connectivity index (χ0) is 13.7. The van der Waals surface area contributed by atoms with Gasteiger partial charge in [0.1, 0.15) is 11.8 Å². The largest absolute Gasteiger partial charge is 0.306 e. The number of aromatic nitrogens is 1. The molecular formula is C15H14BrN3. The quantitative estimate of drug-likeness (QED) is 0.938. The summed E-state index contributed by atoms with van der Waals surface area (Å²) in [6.45, 7) is 2.83. The normalized spacial score (nSPS) is 11.8. The lowest BCUT2D eigenvalue weighted by atomic mass is 10.1. The molecule has 3 nitrogen and oxygen atoms in total. The van der Waals surface area contributed by atoms with Gasteiger partial charge in [-0.05, 0) is 42.3 Å². The highest BCUT2D eigenvalue weighted by atomic mass is 79.9. The molecule has 0 fully saturated rings. The van der Waals surface area contributed by atoms with Gasteiger partial charge in [0.25, 0.3) is 0 Å². The van der Waals surface area contributed by atoms with E-state index in [1.807, 2.05) is 24.3 Å². The first kappa shape index (κ1) is 13.7. The molecule has 1 heterocycles. The summed E-state index contributed by atoms with van der Waals surface area (Å²) in [6.07, 6.45) is 1.67. The number of hydrogen-bond acceptors (Lipinski definition) is 3. The van der Waals surface area contributed by atoms with E-state index < -0.39 is 0 Å². The van der Waals surface area contributed by atoms with Crippen LogP contribution in [-0.4, -0.2) is 4.98 Å². The van der Waals surface area contributed by atoms with E-state index in [0.717, 1.165) is 10.0 Å². The lowest BCUT2D eigenvalue weighted by molar-refractivity contribution is 0.574. The predicted octanol–water partition coefficient (Wildman–Crippen LogP) is 3.57. The van der Waals surface area contributed by atoms with Crippen LogP contribution < -0.4 is 5.32 Å². The molecule has 1 N–H and O–H groups in total. The molecule has 0 radical (unpaired) electrons. The summed E-state index contributed by atoms with van der Waals surface area (Å²) < 4.78 is 1.08. The van der Waals surface area contributed by atoms with Crippen molar-refractivity contribution in [3.05, 3.63) is 63.9 Å². The molecule has 1 aromatic heterocycles. The second-order valence-corrected chi connectivity index (χ2v) is 5.23. The third kappa shape index (κ3) is 3.88. The maximum atomic E-state index is 8.81. The number of pyridine rings is 1. The van der Waals surface area contributed by atoms with Crippen LogP contribution in [0.1, 0.15) is 29.8 Å². The van der Waals surface area contributed by atoms with Crippen LogP contribution in [0.2, 0.25) is 0 Å². The smallest absolute Gasteiger partial charge is 0.140 e. The number of rotatable bonds is 4. The molecule has 2 aromatic rings. The average Bonchev–Trinajstić information content (AvgIpc) is 2.45. The highest BCUT2D eigenvalue weighted by Gasteiger charge is 2.05. The van der Waals surface area contributed by atoms with Crippen molar-refractivity contribution in [1.29, 1.82) is 5.26 Å². The van der Waals surface area contributed by atoms with E-state index in [-0.39, 0.29) is 6.04 Å². The molecule has 1 atom stereocenters. The molecule has 4 heteroatoms. The molecule has 0 aliphatic heterocycles. The molecule has 0 spiro atoms. The van der Waals surface area contributed by atoms with Gasteiger partial charge < -0.3 is 5.32 Å². The van der Waals surface area contributed by atoms with Crippen molar-refractivity contribution >= 4 is 15.9 Å². The van der Waals surface area contributed by atoms with E-state index in [4.69, 9.17) is 5.26 Å². The summed E-state index contributed by atoms with van der Waals surface area (Å²) in [5, 5.41) is 12.2. The number of benzene rings is 1. The Balaban J connectivity index is 2.00. The number of hydrogen-bond donors (Lipinski definition) is 1. The van der Waals surface area contributed by atoms with E-state index in [1.54, 1.807) is 12.3 Å². The fourth-order valence-corrected chi connectivity index (χ4v) is 2.23. The minimum atomic E-state index is 0.246. The standard InChI is InChI=1S/C15H14BrN3/c1-11(13-3-2-4-14(16)8-13)19-10-12-5-6-18-15(7-12)9-17/h2-8,11,19H,10H2,1H3/t11-/m0/s1. The van der Waals surface area contributed by atoms with Crippen LogP contribution in [0.25, 0.3) is 0 Å². The van der Waals surface area contributed by atoms with Gasteiger partial charge >= 0.3 is 0 Å². The van der Waals surface area contributed by atoms with Crippen LogP contribution in [0.4, 0.5) is 0 Å². The van der Waals surface area contributed by atoms with E-state index >= 15 is 0 Å². The second kappa shape index (κ2) is 6.46. The predicted molar refractivity (Wildman–Crippen MR) is 78.3 cm³/mol. The van der Waals surface area contributed by atoms with E-state index in [0.29, 0.717) is 12.2 Å². The monoisotopic (exact) mass is 315 g/mol. The third-order valence-electron chi connectivity index (χ3n) is 2.90. The lowest BCUT2D eigenvalue weighted by Crippen LogP contribution is -2.18. The maximum absolute atomic E-state index is 8.81. The van der Waals surface area contributed by atoms with E-state index in [1.165, 1.54) is 5.56 Å². The van der Waals surface area contributed by atoms with Crippen LogP contribution >= 0.6 is 15.9 Å². The van der Waals surface area contributed by atoms with Gasteiger partial charge in [-0.2, -0.15) is 5.26 Å². The minimum Gasteiger partial charge on any atom is -0.306 e. The summed E-state index contributed by atoms with van der Waals surface area (Å²) in [6, 6.07) is 14.3. The van der Waals surface area contributed by atoms with Crippen LogP contribution in [0.15, 0.2) is 47.1 Å². The third-order valence-corrected chi connectivity index (χ3v) is 3.39. The first-order valence-electron chi connectivity index (χ1n) is 6.03. The summed E-state index contributed by atoms with van der Waals surface area (Å²) in [7, 11) is 0. The Morgan fingerprint density at radius 3 is 2.95 bits per heavy atom. The van der Waals surface area contributed by atoms with Crippen molar-refractivity contribution in [3.63, 3.8) is 0 Å². The van der Waals surface area contributed by atoms with Crippen molar-refractivity contribution in [2.45, 2.75) is 19.5 Å². The Morgan fingerprint density at radius 2 is 2.21 bits per heavy atom. The lowest BCUT2D eigenvalue weighted by Gasteiger charge is -2.14. The highest BCUT2D eigenvalue weighted by molar-refractivity contribution is 9.10. The van der Waals surface area contributed by atoms with Gasteiger partial charge in [0.2, 0.25) is 0 Å². The number of halogens is 1. The Kier molecular flexibility index (Phi) is 4.67. The molecule has 0 unspecified atom stereocenters. The molecule has 96 valence electrons. The second-order valence-electron chi connectivity index (χ2n) is 4.32. The van der Waals surface area contributed by atoms with Crippen molar-refractivity contribution in [1.82, 2.24) is 10.3 Å². The Morgan fingerprint density at radius 1 is 1.37 bits per heavy atom. The zero-order valence-corrected chi connectivity index (χ0v) is 12.2. The molecule has 0 saturated heterocycles. The molecule has 0 bridgehead atoms. The van der Waals surface area contributed by atoms with Crippen LogP contribution in [0, 0.1) is 11.3 Å². The van der Waals surface area contributed by atoms with Gasteiger partial charge in [-0.3, -0.25) is 0 Å². The molecule has 2 rings (SSSR count). The van der Waals surface area contributed by atoms with Gasteiger partial charge in [0, 0.05) is 23.3 Å². The van der Waals surface area contributed by atoms with Crippen molar-refractivity contribution < 1.29 is 0 Å². The van der Waals surface area contributed by atoms with Crippen LogP contribution in [0.3, 0.4) is 0 Å². The zero-order valence-electron chi connectivity index (χ0n) is 10.6. The molecular weight excluding hydrogens is 302 g/mol. The van der Waals surface area contributed by atoms with Crippen molar-refractivity contribution in [3.8, 4) is 6.07 Å². The molecule has 0 amide bonds. The van der Waals surface area contributed by atoms with Gasteiger partial charge in [-0.15, -0.1) is 0 Å². The van der Waals surface area contributed by atoms with Crippen molar-refractivity contribution in [2.24, 2.45) is 0 Å². The summed E-state index contributed by atoms with van der Waals surface area (Å²) in [5.74, 6) is 0. The van der Waals surface area contributed by atoms with Crippen molar-refractivity contribution in [2.75, 3.05) is 0 Å². The molecule has 19 heavy (non-hydrogen) atoms. The van der Waals surface area contributed by atoms with Gasteiger partial charge in [-0.1, -0.05) is 28.1 Å². The fraction of sp³-hybridized carbons (Fsp3) is 0.200. The molecule has 1 aromatic carbocycles. The number of nitrogens with one attached hydrogen (secondary N) is 1. The van der Waals surface area contributed by atoms with Gasteiger partial charge in [0.05, 0.1) is 0 Å². The SMILES string of the molecule is C[C@H](NCc1ccnc(C#N)c1)c1cccc(Br)c1. The fourth-order valence-electron chi connectivity index (χ4n) is 1.81. The average molecular weight is 316 g/mol. The topological polar surface area (TPSA) is 48.7 Å². The number of nitriles is 1. The summed E-state index contributed by atoms with van der Waals surface area (Å²) >= 11 is 3.47. The number of nitrogens with zero attached hydrogens (tertiary/aromatic N) is 2. The molecule has 0 aliphatic rings. The molecule has 0 saturated carbocycles. The van der Waals surface area contributed by atoms with E-state index in [9.17, 15) is 0 Å². The minimum absolute atomic E-state index is 0.246. The Hall–Kier alpha value is -1.70. The maximum Gasteiger partial charge on any atom is 0.140 e. The Labute approximate surface area is 121 Å². The molecule has 0 aliphatic carbocycles. The van der Waals surface area contributed by atoms with Crippen LogP contribution in [0.5, 0.6) is 0 Å². The Bertz CT molecular complexity index is 604. The first-order valence-corrected chi connectivity index (χ1v) is 6.82.